The number of halogens is 3. The van der Waals surface area contributed by atoms with E-state index in [1.54, 1.807) is 4.90 Å². The third kappa shape index (κ3) is 6.22. The van der Waals surface area contributed by atoms with Crippen molar-refractivity contribution < 1.29 is 22.4 Å². The van der Waals surface area contributed by atoms with Crippen molar-refractivity contribution in [1.82, 2.24) is 4.90 Å². The van der Waals surface area contributed by atoms with Crippen LogP contribution in [0.1, 0.15) is 26.3 Å². The number of carbonyl (C=O) groups excluding carboxylic acids is 1. The molecule has 0 saturated carbocycles. The summed E-state index contributed by atoms with van der Waals surface area (Å²) in [6.45, 7) is 13.0. The van der Waals surface area contributed by atoms with E-state index in [0.717, 1.165) is 23.6 Å². The first-order chi connectivity index (χ1) is 15.3. The highest BCUT2D eigenvalue weighted by Gasteiger charge is 2.39. The van der Waals surface area contributed by atoms with Gasteiger partial charge in [-0.1, -0.05) is 20.8 Å². The van der Waals surface area contributed by atoms with Gasteiger partial charge in [0.1, 0.15) is 5.75 Å². The number of rotatable bonds is 4. The summed E-state index contributed by atoms with van der Waals surface area (Å²) in [5.41, 5.74) is 0.748. The molecule has 33 heavy (non-hydrogen) atoms. The normalized spacial score (nSPS) is 15.4. The molecule has 2 aromatic rings. The van der Waals surface area contributed by atoms with E-state index >= 15 is 0 Å². The first-order valence-electron chi connectivity index (χ1n) is 11.0. The number of carbonyl (C=O) groups is 1. The number of alkyl halides is 3. The van der Waals surface area contributed by atoms with Crippen molar-refractivity contribution in [2.45, 2.75) is 45.1 Å². The number of nitrogens with zero attached hydrogens (tertiary/aromatic N) is 2. The van der Waals surface area contributed by atoms with Crippen LogP contribution >= 0.6 is 0 Å². The van der Waals surface area contributed by atoms with Gasteiger partial charge < -0.3 is 19.5 Å². The maximum absolute atomic E-state index is 12.8. The molecule has 0 aliphatic carbocycles. The lowest BCUT2D eigenvalue weighted by atomic mass is 10.1. The Labute approximate surface area is 194 Å². The van der Waals surface area contributed by atoms with Crippen molar-refractivity contribution in [1.29, 1.82) is 0 Å². The summed E-state index contributed by atoms with van der Waals surface area (Å²) in [6.07, 6.45) is -4.34. The summed E-state index contributed by atoms with van der Waals surface area (Å²) in [5, 5.41) is 3.01. The first-order valence-corrected chi connectivity index (χ1v) is 13.9. The maximum Gasteiger partial charge on any atom is 0.416 e. The lowest BCUT2D eigenvalue weighted by molar-refractivity contribution is -0.137. The Kier molecular flexibility index (Phi) is 7.02. The molecular weight excluding hydrogens is 447 g/mol. The molecule has 0 bridgehead atoms. The zero-order valence-electron chi connectivity index (χ0n) is 19.8. The molecule has 5 nitrogen and oxygen atoms in total. The molecule has 1 aliphatic rings. The highest BCUT2D eigenvalue weighted by Crippen LogP contribution is 2.37. The van der Waals surface area contributed by atoms with Gasteiger partial charge in [0.05, 0.1) is 5.56 Å². The highest BCUT2D eigenvalue weighted by molar-refractivity contribution is 6.74. The number of amides is 2. The Balaban J connectivity index is 1.52. The summed E-state index contributed by atoms with van der Waals surface area (Å²) < 4.78 is 44.5. The molecule has 3 rings (SSSR count). The van der Waals surface area contributed by atoms with Crippen LogP contribution in [0.25, 0.3) is 0 Å². The Morgan fingerprint density at radius 1 is 0.909 bits per heavy atom. The molecule has 0 aromatic heterocycles. The van der Waals surface area contributed by atoms with Crippen LogP contribution in [0.2, 0.25) is 18.1 Å². The molecule has 180 valence electrons. The van der Waals surface area contributed by atoms with E-state index in [2.05, 4.69) is 39.2 Å². The van der Waals surface area contributed by atoms with Crippen LogP contribution in [-0.2, 0) is 6.18 Å². The van der Waals surface area contributed by atoms with Gasteiger partial charge in [-0.25, -0.2) is 4.79 Å². The van der Waals surface area contributed by atoms with Gasteiger partial charge in [0.2, 0.25) is 8.32 Å². The third-order valence-electron chi connectivity index (χ3n) is 6.41. The minimum atomic E-state index is -4.34. The average molecular weight is 480 g/mol. The van der Waals surface area contributed by atoms with Gasteiger partial charge in [-0.15, -0.1) is 0 Å². The van der Waals surface area contributed by atoms with E-state index in [9.17, 15) is 18.0 Å². The number of hydrogen-bond donors (Lipinski definition) is 1. The smallest absolute Gasteiger partial charge is 0.416 e. The van der Waals surface area contributed by atoms with Crippen molar-refractivity contribution in [2.24, 2.45) is 0 Å². The number of urea groups is 1. The fourth-order valence-electron chi connectivity index (χ4n) is 3.29. The predicted molar refractivity (Wildman–Crippen MR) is 129 cm³/mol. The molecule has 9 heteroatoms. The molecule has 0 unspecified atom stereocenters. The van der Waals surface area contributed by atoms with Gasteiger partial charge in [-0.3, -0.25) is 0 Å². The van der Waals surface area contributed by atoms with Gasteiger partial charge in [-0.05, 0) is 66.7 Å². The molecule has 1 heterocycles. The predicted octanol–water partition coefficient (Wildman–Crippen LogP) is 6.44. The van der Waals surface area contributed by atoms with Gasteiger partial charge in [0.25, 0.3) is 0 Å². The van der Waals surface area contributed by atoms with Crippen LogP contribution in [0.4, 0.5) is 29.3 Å². The summed E-state index contributed by atoms with van der Waals surface area (Å²) in [7, 11) is -1.93. The van der Waals surface area contributed by atoms with Crippen molar-refractivity contribution in [3.05, 3.63) is 54.1 Å². The lowest BCUT2D eigenvalue weighted by Gasteiger charge is -2.36. The standard InChI is InChI=1S/C24H32F3N3O2Si/c1-23(2,3)33(4,5)32-21-12-8-19(9-13-21)28-22(31)30-16-14-29(15-17-30)20-10-6-18(7-11-20)24(25,26)27/h6-13H,14-17H2,1-5H3,(H,28,31). The molecular formula is C24H32F3N3O2Si. The maximum atomic E-state index is 12.8. The molecule has 2 amide bonds. The van der Waals surface area contributed by atoms with Crippen LogP contribution < -0.4 is 14.6 Å². The minimum Gasteiger partial charge on any atom is -0.544 e. The van der Waals surface area contributed by atoms with Gasteiger partial charge in [-0.2, -0.15) is 13.2 Å². The Bertz CT molecular complexity index is 947. The number of nitrogens with one attached hydrogen (secondary N) is 1. The molecule has 0 radical (unpaired) electrons. The number of anilines is 2. The Hall–Kier alpha value is -2.68. The fourth-order valence-corrected chi connectivity index (χ4v) is 4.32. The molecule has 2 aromatic carbocycles. The summed E-state index contributed by atoms with van der Waals surface area (Å²) in [5.74, 6) is 0.796. The van der Waals surface area contributed by atoms with Gasteiger partial charge in [0, 0.05) is 37.6 Å². The first kappa shape index (κ1) is 24.9. The van der Waals surface area contributed by atoms with Crippen LogP contribution in [0.15, 0.2) is 48.5 Å². The topological polar surface area (TPSA) is 44.8 Å². The lowest BCUT2D eigenvalue weighted by Crippen LogP contribution is -2.50. The minimum absolute atomic E-state index is 0.0996. The van der Waals surface area contributed by atoms with Gasteiger partial charge >= 0.3 is 12.2 Å². The quantitative estimate of drug-likeness (QED) is 0.513. The Morgan fingerprint density at radius 2 is 1.45 bits per heavy atom. The molecule has 1 saturated heterocycles. The molecule has 1 aliphatic heterocycles. The van der Waals surface area contributed by atoms with Crippen molar-refractivity contribution >= 4 is 25.7 Å². The van der Waals surface area contributed by atoms with E-state index < -0.39 is 20.1 Å². The van der Waals surface area contributed by atoms with Crippen LogP contribution in [0, 0.1) is 0 Å². The molecule has 0 atom stereocenters. The summed E-state index contributed by atoms with van der Waals surface area (Å²) >= 11 is 0. The third-order valence-corrected chi connectivity index (χ3v) is 10.8. The van der Waals surface area contributed by atoms with Crippen LogP contribution in [0.5, 0.6) is 5.75 Å². The molecule has 0 spiro atoms. The molecule has 1 fully saturated rings. The largest absolute Gasteiger partial charge is 0.544 e. The number of hydrogen-bond acceptors (Lipinski definition) is 3. The zero-order valence-corrected chi connectivity index (χ0v) is 20.8. The average Bonchev–Trinajstić information content (AvgIpc) is 2.74. The second kappa shape index (κ2) is 9.28. The van der Waals surface area contributed by atoms with Crippen molar-refractivity contribution in [2.75, 3.05) is 36.4 Å². The van der Waals surface area contributed by atoms with Crippen molar-refractivity contribution in [3.63, 3.8) is 0 Å². The fraction of sp³-hybridized carbons (Fsp3) is 0.458. The molecule has 1 N–H and O–H groups in total. The monoisotopic (exact) mass is 479 g/mol. The van der Waals surface area contributed by atoms with Gasteiger partial charge in [0.15, 0.2) is 0 Å². The second-order valence-corrected chi connectivity index (χ2v) is 14.6. The van der Waals surface area contributed by atoms with Crippen molar-refractivity contribution in [3.8, 4) is 5.75 Å². The SMILES string of the molecule is CC(C)(C)[Si](C)(C)Oc1ccc(NC(=O)N2CCN(c3ccc(C(F)(F)F)cc3)CC2)cc1. The van der Waals surface area contributed by atoms with E-state index in [4.69, 9.17) is 4.43 Å². The number of piperazine rings is 1. The summed E-state index contributed by atoms with van der Waals surface area (Å²) in [4.78, 5) is 16.3. The van der Waals surface area contributed by atoms with E-state index in [-0.39, 0.29) is 11.1 Å². The zero-order chi connectivity index (χ0) is 24.4. The van der Waals surface area contributed by atoms with E-state index in [1.807, 2.05) is 29.2 Å². The second-order valence-electron chi connectivity index (χ2n) is 9.84. The Morgan fingerprint density at radius 3 is 1.94 bits per heavy atom. The number of benzene rings is 2. The van der Waals surface area contributed by atoms with E-state index in [1.165, 1.54) is 12.1 Å². The summed E-state index contributed by atoms with van der Waals surface area (Å²) in [6, 6.07) is 12.4. The van der Waals surface area contributed by atoms with Crippen LogP contribution in [-0.4, -0.2) is 45.4 Å². The van der Waals surface area contributed by atoms with Crippen LogP contribution in [0.3, 0.4) is 0 Å². The highest BCUT2D eigenvalue weighted by atomic mass is 28.4. The van der Waals surface area contributed by atoms with E-state index in [0.29, 0.717) is 31.9 Å².